The van der Waals surface area contributed by atoms with E-state index in [4.69, 9.17) is 4.42 Å². The maximum absolute atomic E-state index is 12.8. The Morgan fingerprint density at radius 3 is 2.61 bits per heavy atom. The Morgan fingerprint density at radius 1 is 1.11 bits per heavy atom. The van der Waals surface area contributed by atoms with Gasteiger partial charge in [-0.1, -0.05) is 56.5 Å². The summed E-state index contributed by atoms with van der Waals surface area (Å²) in [5.74, 6) is 0.851. The van der Waals surface area contributed by atoms with E-state index in [-0.39, 0.29) is 35.4 Å². The molecule has 2 heterocycles. The number of carbonyl (C=O) groups is 2. The molecule has 2 aliphatic rings. The van der Waals surface area contributed by atoms with Gasteiger partial charge >= 0.3 is 0 Å². The summed E-state index contributed by atoms with van der Waals surface area (Å²) in [6.45, 7) is 3.35. The van der Waals surface area contributed by atoms with E-state index < -0.39 is 0 Å². The molecule has 1 aliphatic heterocycles. The molecule has 1 N–H and O–H groups in total. The van der Waals surface area contributed by atoms with Crippen LogP contribution in [0.3, 0.4) is 0 Å². The first-order chi connectivity index (χ1) is 13.6. The number of aromatic nitrogens is 1. The second-order valence-corrected chi connectivity index (χ2v) is 8.03. The van der Waals surface area contributed by atoms with Crippen molar-refractivity contribution in [2.75, 3.05) is 13.1 Å². The third-order valence-corrected chi connectivity index (χ3v) is 6.01. The summed E-state index contributed by atoms with van der Waals surface area (Å²) in [5, 5.41) is 3.07. The van der Waals surface area contributed by atoms with Crippen molar-refractivity contribution in [3.05, 3.63) is 42.4 Å². The Kier molecular flexibility index (Phi) is 5.46. The molecule has 1 aromatic heterocycles. The van der Waals surface area contributed by atoms with Gasteiger partial charge in [-0.15, -0.1) is 0 Å². The van der Waals surface area contributed by atoms with E-state index in [1.165, 1.54) is 12.8 Å². The SMILES string of the molecule is C[C@@H]1CN(C(=O)C2CCCCC2)C[C@H]1NC(=O)c1ncoc1-c1ccccc1. The van der Waals surface area contributed by atoms with E-state index in [9.17, 15) is 9.59 Å². The van der Waals surface area contributed by atoms with Crippen LogP contribution in [0.4, 0.5) is 0 Å². The first-order valence-electron chi connectivity index (χ1n) is 10.2. The van der Waals surface area contributed by atoms with Gasteiger partial charge in [-0.2, -0.15) is 0 Å². The van der Waals surface area contributed by atoms with Gasteiger partial charge < -0.3 is 14.6 Å². The van der Waals surface area contributed by atoms with Crippen molar-refractivity contribution in [1.82, 2.24) is 15.2 Å². The van der Waals surface area contributed by atoms with Gasteiger partial charge in [0, 0.05) is 24.6 Å². The molecule has 0 radical (unpaired) electrons. The summed E-state index contributed by atoms with van der Waals surface area (Å²) < 4.78 is 5.47. The van der Waals surface area contributed by atoms with Crippen molar-refractivity contribution in [2.24, 2.45) is 11.8 Å². The van der Waals surface area contributed by atoms with Gasteiger partial charge in [0.25, 0.3) is 5.91 Å². The lowest BCUT2D eigenvalue weighted by molar-refractivity contribution is -0.135. The smallest absolute Gasteiger partial charge is 0.274 e. The Bertz CT molecular complexity index is 827. The maximum Gasteiger partial charge on any atom is 0.274 e. The van der Waals surface area contributed by atoms with Crippen LogP contribution >= 0.6 is 0 Å². The molecular weight excluding hydrogens is 354 g/mol. The molecule has 1 saturated heterocycles. The van der Waals surface area contributed by atoms with Crippen LogP contribution in [0.1, 0.15) is 49.5 Å². The molecule has 6 nitrogen and oxygen atoms in total. The normalized spacial score (nSPS) is 23.0. The molecule has 2 aromatic rings. The van der Waals surface area contributed by atoms with E-state index in [0.29, 0.717) is 18.8 Å². The summed E-state index contributed by atoms with van der Waals surface area (Å²) in [6.07, 6.45) is 6.83. The van der Waals surface area contributed by atoms with E-state index in [0.717, 1.165) is 31.2 Å². The number of benzene rings is 1. The minimum absolute atomic E-state index is 0.0691. The zero-order valence-corrected chi connectivity index (χ0v) is 16.3. The van der Waals surface area contributed by atoms with Crippen molar-refractivity contribution < 1.29 is 14.0 Å². The molecule has 1 aliphatic carbocycles. The van der Waals surface area contributed by atoms with E-state index in [2.05, 4.69) is 17.2 Å². The lowest BCUT2D eigenvalue weighted by Gasteiger charge is -2.26. The van der Waals surface area contributed by atoms with E-state index in [1.807, 2.05) is 35.2 Å². The molecule has 148 valence electrons. The minimum Gasteiger partial charge on any atom is -0.443 e. The van der Waals surface area contributed by atoms with Crippen LogP contribution in [-0.4, -0.2) is 40.8 Å². The average Bonchev–Trinajstić information content (AvgIpc) is 3.36. The summed E-state index contributed by atoms with van der Waals surface area (Å²) in [6, 6.07) is 9.42. The molecule has 0 spiro atoms. The van der Waals surface area contributed by atoms with Crippen LogP contribution in [0.15, 0.2) is 41.1 Å². The summed E-state index contributed by atoms with van der Waals surface area (Å²) in [5.41, 5.74) is 1.11. The molecule has 1 aromatic carbocycles. The van der Waals surface area contributed by atoms with Crippen molar-refractivity contribution in [3.8, 4) is 11.3 Å². The standard InChI is InChI=1S/C22H27N3O3/c1-15-12-25(22(27)17-10-6-3-7-11-17)13-18(15)24-21(26)19-20(28-14-23-19)16-8-4-2-5-9-16/h2,4-5,8-9,14-15,17-18H,3,6-7,10-13H2,1H3,(H,24,26)/t15-,18-/m1/s1. The number of hydrogen-bond donors (Lipinski definition) is 1. The highest BCUT2D eigenvalue weighted by Gasteiger charge is 2.37. The molecule has 2 fully saturated rings. The largest absolute Gasteiger partial charge is 0.443 e. The Hall–Kier alpha value is -2.63. The van der Waals surface area contributed by atoms with Gasteiger partial charge in [-0.05, 0) is 18.8 Å². The molecule has 28 heavy (non-hydrogen) atoms. The second kappa shape index (κ2) is 8.17. The number of hydrogen-bond acceptors (Lipinski definition) is 4. The number of carbonyl (C=O) groups excluding carboxylic acids is 2. The molecule has 0 unspecified atom stereocenters. The minimum atomic E-state index is -0.253. The molecule has 0 bridgehead atoms. The monoisotopic (exact) mass is 381 g/mol. The van der Waals surface area contributed by atoms with Crippen LogP contribution < -0.4 is 5.32 Å². The molecule has 6 heteroatoms. The zero-order valence-electron chi connectivity index (χ0n) is 16.3. The topological polar surface area (TPSA) is 75.4 Å². The molecule has 2 amide bonds. The van der Waals surface area contributed by atoms with Crippen LogP contribution in [0.2, 0.25) is 0 Å². The lowest BCUT2D eigenvalue weighted by Crippen LogP contribution is -2.41. The van der Waals surface area contributed by atoms with E-state index in [1.54, 1.807) is 0 Å². The average molecular weight is 381 g/mol. The van der Waals surface area contributed by atoms with Crippen molar-refractivity contribution in [3.63, 3.8) is 0 Å². The predicted molar refractivity (Wildman–Crippen MR) is 106 cm³/mol. The van der Waals surface area contributed by atoms with Crippen molar-refractivity contribution in [2.45, 2.75) is 45.1 Å². The second-order valence-electron chi connectivity index (χ2n) is 8.03. The van der Waals surface area contributed by atoms with Gasteiger partial charge in [-0.25, -0.2) is 4.98 Å². The van der Waals surface area contributed by atoms with Gasteiger partial charge in [0.1, 0.15) is 0 Å². The quantitative estimate of drug-likeness (QED) is 0.879. The lowest BCUT2D eigenvalue weighted by atomic mass is 9.88. The van der Waals surface area contributed by atoms with Crippen LogP contribution in [0, 0.1) is 11.8 Å². The predicted octanol–water partition coefficient (Wildman–Crippen LogP) is 3.50. The summed E-state index contributed by atoms with van der Waals surface area (Å²) in [7, 11) is 0. The fourth-order valence-corrected chi connectivity index (χ4v) is 4.38. The van der Waals surface area contributed by atoms with Gasteiger partial charge in [-0.3, -0.25) is 9.59 Å². The number of nitrogens with zero attached hydrogens (tertiary/aromatic N) is 2. The number of likely N-dealkylation sites (tertiary alicyclic amines) is 1. The third kappa shape index (κ3) is 3.81. The van der Waals surface area contributed by atoms with Gasteiger partial charge in [0.2, 0.25) is 5.91 Å². The summed E-state index contributed by atoms with van der Waals surface area (Å²) >= 11 is 0. The zero-order chi connectivity index (χ0) is 19.5. The number of nitrogens with one attached hydrogen (secondary N) is 1. The Labute approximate surface area is 165 Å². The number of rotatable bonds is 4. The Morgan fingerprint density at radius 2 is 1.86 bits per heavy atom. The van der Waals surface area contributed by atoms with Gasteiger partial charge in [0.15, 0.2) is 17.8 Å². The Balaban J connectivity index is 1.41. The fourth-order valence-electron chi connectivity index (χ4n) is 4.38. The molecular formula is C22H27N3O3. The van der Waals surface area contributed by atoms with E-state index >= 15 is 0 Å². The fraction of sp³-hybridized carbons (Fsp3) is 0.500. The maximum atomic E-state index is 12.8. The van der Waals surface area contributed by atoms with Gasteiger partial charge in [0.05, 0.1) is 6.04 Å². The number of amides is 2. The first kappa shape index (κ1) is 18.7. The molecule has 1 saturated carbocycles. The highest BCUT2D eigenvalue weighted by molar-refractivity contribution is 5.97. The highest BCUT2D eigenvalue weighted by atomic mass is 16.3. The van der Waals surface area contributed by atoms with Crippen molar-refractivity contribution >= 4 is 11.8 Å². The third-order valence-electron chi connectivity index (χ3n) is 6.01. The highest BCUT2D eigenvalue weighted by Crippen LogP contribution is 2.28. The molecule has 4 rings (SSSR count). The van der Waals surface area contributed by atoms with Crippen molar-refractivity contribution in [1.29, 1.82) is 0 Å². The van der Waals surface area contributed by atoms with Crippen LogP contribution in [0.5, 0.6) is 0 Å². The number of oxazole rings is 1. The summed E-state index contributed by atoms with van der Waals surface area (Å²) in [4.78, 5) is 31.7. The molecule has 2 atom stereocenters. The van der Waals surface area contributed by atoms with Crippen LogP contribution in [0.25, 0.3) is 11.3 Å². The van der Waals surface area contributed by atoms with Crippen LogP contribution in [-0.2, 0) is 4.79 Å². The first-order valence-corrected chi connectivity index (χ1v) is 10.2.